The van der Waals surface area contributed by atoms with E-state index in [1.165, 1.54) is 0 Å². The van der Waals surface area contributed by atoms with E-state index in [1.807, 2.05) is 20.8 Å². The van der Waals surface area contributed by atoms with Gasteiger partial charge in [0.15, 0.2) is 0 Å². The quantitative estimate of drug-likeness (QED) is 0.928. The first-order valence-electron chi connectivity index (χ1n) is 7.46. The molecular formula is C16H24N2O4. The van der Waals surface area contributed by atoms with Crippen LogP contribution < -0.4 is 4.74 Å². The number of amides is 1. The monoisotopic (exact) mass is 308 g/mol. The second kappa shape index (κ2) is 6.52. The predicted octanol–water partition coefficient (Wildman–Crippen LogP) is 2.38. The number of aliphatic hydroxyl groups excluding tert-OH is 1. The van der Waals surface area contributed by atoms with Crippen LogP contribution in [-0.2, 0) is 4.74 Å². The molecule has 2 rings (SSSR count). The van der Waals surface area contributed by atoms with Crippen LogP contribution in [0.2, 0.25) is 0 Å². The number of methoxy groups -OCH3 is 1. The molecule has 0 aliphatic carbocycles. The molecule has 1 aliphatic rings. The molecular weight excluding hydrogens is 284 g/mol. The van der Waals surface area contributed by atoms with Gasteiger partial charge in [0.2, 0.25) is 0 Å². The van der Waals surface area contributed by atoms with Crippen molar-refractivity contribution < 1.29 is 19.4 Å². The summed E-state index contributed by atoms with van der Waals surface area (Å²) in [5.74, 6) is 0.488. The van der Waals surface area contributed by atoms with Crippen LogP contribution in [0.1, 0.15) is 39.0 Å². The van der Waals surface area contributed by atoms with E-state index >= 15 is 0 Å². The van der Waals surface area contributed by atoms with Crippen molar-refractivity contribution in [3.8, 4) is 5.75 Å². The van der Waals surface area contributed by atoms with Crippen LogP contribution >= 0.6 is 0 Å². The maximum Gasteiger partial charge on any atom is 0.410 e. The van der Waals surface area contributed by atoms with Crippen molar-refractivity contribution in [1.29, 1.82) is 0 Å². The smallest absolute Gasteiger partial charge is 0.410 e. The van der Waals surface area contributed by atoms with Crippen LogP contribution in [0.25, 0.3) is 0 Å². The summed E-state index contributed by atoms with van der Waals surface area (Å²) in [4.78, 5) is 17.9. The maximum absolute atomic E-state index is 12.1. The van der Waals surface area contributed by atoms with E-state index in [1.54, 1.807) is 30.3 Å². The van der Waals surface area contributed by atoms with Gasteiger partial charge in [-0.3, -0.25) is 4.98 Å². The third kappa shape index (κ3) is 3.88. The molecule has 0 bridgehead atoms. The SMILES string of the molecule is COc1cccnc1C(O)C1CCN(C(=O)OC(C)(C)C)C1. The van der Waals surface area contributed by atoms with Gasteiger partial charge >= 0.3 is 6.09 Å². The molecule has 1 aromatic heterocycles. The van der Waals surface area contributed by atoms with Crippen LogP contribution in [0.4, 0.5) is 4.79 Å². The molecule has 2 heterocycles. The molecule has 1 amide bonds. The van der Waals surface area contributed by atoms with Gasteiger partial charge in [0, 0.05) is 25.2 Å². The number of nitrogens with zero attached hydrogens (tertiary/aromatic N) is 2. The fraction of sp³-hybridized carbons (Fsp3) is 0.625. The maximum atomic E-state index is 12.1. The van der Waals surface area contributed by atoms with Gasteiger partial charge in [-0.05, 0) is 39.3 Å². The molecule has 0 radical (unpaired) electrons. The molecule has 2 atom stereocenters. The molecule has 0 saturated carbocycles. The minimum absolute atomic E-state index is 0.0729. The zero-order valence-corrected chi connectivity index (χ0v) is 13.6. The number of hydrogen-bond acceptors (Lipinski definition) is 5. The molecule has 6 heteroatoms. The number of ether oxygens (including phenoxy) is 2. The number of aromatic nitrogens is 1. The first kappa shape index (κ1) is 16.5. The van der Waals surface area contributed by atoms with Gasteiger partial charge in [0.1, 0.15) is 23.1 Å². The fourth-order valence-electron chi connectivity index (χ4n) is 2.56. The van der Waals surface area contributed by atoms with Crippen LogP contribution in [0.3, 0.4) is 0 Å². The molecule has 6 nitrogen and oxygen atoms in total. The average Bonchev–Trinajstić information content (AvgIpc) is 2.94. The van der Waals surface area contributed by atoms with E-state index in [-0.39, 0.29) is 12.0 Å². The Morgan fingerprint density at radius 2 is 2.23 bits per heavy atom. The van der Waals surface area contributed by atoms with E-state index in [0.29, 0.717) is 31.0 Å². The Hall–Kier alpha value is -1.82. The van der Waals surface area contributed by atoms with E-state index < -0.39 is 11.7 Å². The number of aliphatic hydroxyl groups is 1. The van der Waals surface area contributed by atoms with Crippen molar-refractivity contribution in [3.63, 3.8) is 0 Å². The molecule has 0 spiro atoms. The summed E-state index contributed by atoms with van der Waals surface area (Å²) >= 11 is 0. The summed E-state index contributed by atoms with van der Waals surface area (Å²) in [6, 6.07) is 3.53. The second-order valence-corrected chi connectivity index (χ2v) is 6.51. The number of carbonyl (C=O) groups excluding carboxylic acids is 1. The Morgan fingerprint density at radius 1 is 1.50 bits per heavy atom. The van der Waals surface area contributed by atoms with Crippen LogP contribution in [-0.4, -0.2) is 46.9 Å². The first-order chi connectivity index (χ1) is 10.3. The van der Waals surface area contributed by atoms with Crippen molar-refractivity contribution in [2.45, 2.75) is 38.9 Å². The molecule has 122 valence electrons. The third-order valence-electron chi connectivity index (χ3n) is 3.62. The molecule has 1 aromatic rings. The minimum Gasteiger partial charge on any atom is -0.495 e. The lowest BCUT2D eigenvalue weighted by molar-refractivity contribution is 0.0266. The summed E-state index contributed by atoms with van der Waals surface area (Å²) in [5, 5.41) is 10.5. The number of rotatable bonds is 3. The number of hydrogen-bond donors (Lipinski definition) is 1. The summed E-state index contributed by atoms with van der Waals surface area (Å²) < 4.78 is 10.6. The minimum atomic E-state index is -0.761. The van der Waals surface area contributed by atoms with Gasteiger partial charge in [-0.2, -0.15) is 0 Å². The molecule has 1 aliphatic heterocycles. The molecule has 2 unspecified atom stereocenters. The lowest BCUT2D eigenvalue weighted by Gasteiger charge is -2.25. The fourth-order valence-corrected chi connectivity index (χ4v) is 2.56. The third-order valence-corrected chi connectivity index (χ3v) is 3.62. The Bertz CT molecular complexity index is 527. The second-order valence-electron chi connectivity index (χ2n) is 6.51. The Balaban J connectivity index is 2.02. The lowest BCUT2D eigenvalue weighted by atomic mass is 9.98. The summed E-state index contributed by atoms with van der Waals surface area (Å²) in [7, 11) is 1.55. The number of pyridine rings is 1. The van der Waals surface area contributed by atoms with E-state index in [9.17, 15) is 9.90 Å². The molecule has 22 heavy (non-hydrogen) atoms. The standard InChI is InChI=1S/C16H24N2O4/c1-16(2,3)22-15(20)18-9-7-11(10-18)14(19)13-12(21-4)6-5-8-17-13/h5-6,8,11,14,19H,7,9-10H2,1-4H3. The van der Waals surface area contributed by atoms with Gasteiger partial charge in [0.25, 0.3) is 0 Å². The van der Waals surface area contributed by atoms with E-state index in [0.717, 1.165) is 0 Å². The van der Waals surface area contributed by atoms with Gasteiger partial charge < -0.3 is 19.5 Å². The lowest BCUT2D eigenvalue weighted by Crippen LogP contribution is -2.35. The van der Waals surface area contributed by atoms with Crippen molar-refractivity contribution in [1.82, 2.24) is 9.88 Å². The highest BCUT2D eigenvalue weighted by atomic mass is 16.6. The summed E-state index contributed by atoms with van der Waals surface area (Å²) in [5.41, 5.74) is -0.00103. The van der Waals surface area contributed by atoms with Crippen molar-refractivity contribution in [2.75, 3.05) is 20.2 Å². The van der Waals surface area contributed by atoms with Gasteiger partial charge in [-0.25, -0.2) is 4.79 Å². The Kier molecular flexibility index (Phi) is 4.90. The average molecular weight is 308 g/mol. The van der Waals surface area contributed by atoms with Gasteiger partial charge in [-0.1, -0.05) is 0 Å². The zero-order valence-electron chi connectivity index (χ0n) is 13.6. The molecule has 1 fully saturated rings. The van der Waals surface area contributed by atoms with E-state index in [2.05, 4.69) is 4.98 Å². The van der Waals surface area contributed by atoms with Crippen molar-refractivity contribution in [3.05, 3.63) is 24.0 Å². The summed E-state index contributed by atoms with van der Waals surface area (Å²) in [6.45, 7) is 6.55. The van der Waals surface area contributed by atoms with Crippen LogP contribution in [0.5, 0.6) is 5.75 Å². The predicted molar refractivity (Wildman–Crippen MR) is 81.7 cm³/mol. The Labute approximate surface area is 131 Å². The normalized spacial score (nSPS) is 19.9. The van der Waals surface area contributed by atoms with Crippen molar-refractivity contribution >= 4 is 6.09 Å². The van der Waals surface area contributed by atoms with Gasteiger partial charge in [-0.15, -0.1) is 0 Å². The number of likely N-dealkylation sites (tertiary alicyclic amines) is 1. The first-order valence-corrected chi connectivity index (χ1v) is 7.46. The molecule has 1 N–H and O–H groups in total. The number of carbonyl (C=O) groups is 1. The zero-order chi connectivity index (χ0) is 16.3. The Morgan fingerprint density at radius 3 is 2.86 bits per heavy atom. The largest absolute Gasteiger partial charge is 0.495 e. The highest BCUT2D eigenvalue weighted by Crippen LogP contribution is 2.33. The van der Waals surface area contributed by atoms with Gasteiger partial charge in [0.05, 0.1) is 7.11 Å². The summed E-state index contributed by atoms with van der Waals surface area (Å²) in [6.07, 6.45) is 1.24. The van der Waals surface area contributed by atoms with Crippen LogP contribution in [0.15, 0.2) is 18.3 Å². The molecule has 0 aromatic carbocycles. The highest BCUT2D eigenvalue weighted by molar-refractivity contribution is 5.68. The van der Waals surface area contributed by atoms with E-state index in [4.69, 9.17) is 9.47 Å². The van der Waals surface area contributed by atoms with Crippen LogP contribution in [0, 0.1) is 5.92 Å². The topological polar surface area (TPSA) is 71.9 Å². The van der Waals surface area contributed by atoms with Crippen molar-refractivity contribution in [2.24, 2.45) is 5.92 Å². The molecule has 1 saturated heterocycles. The highest BCUT2D eigenvalue weighted by Gasteiger charge is 2.35.